The Morgan fingerprint density at radius 2 is 2.11 bits per heavy atom. The van der Waals surface area contributed by atoms with E-state index in [2.05, 4.69) is 20.7 Å². The van der Waals surface area contributed by atoms with E-state index in [-0.39, 0.29) is 18.0 Å². The zero-order chi connectivity index (χ0) is 19.1. The van der Waals surface area contributed by atoms with Crippen LogP contribution in [0.1, 0.15) is 40.8 Å². The van der Waals surface area contributed by atoms with Crippen LogP contribution in [0.5, 0.6) is 0 Å². The third-order valence-corrected chi connectivity index (χ3v) is 5.30. The maximum atomic E-state index is 12.8. The van der Waals surface area contributed by atoms with Gasteiger partial charge >= 0.3 is 0 Å². The quantitative estimate of drug-likeness (QED) is 0.590. The fourth-order valence-corrected chi connectivity index (χ4v) is 3.83. The van der Waals surface area contributed by atoms with Crippen LogP contribution >= 0.6 is 35.4 Å². The highest BCUT2D eigenvalue weighted by molar-refractivity contribution is 7.71. The molecule has 3 aromatic rings. The minimum absolute atomic E-state index is 0.225. The Kier molecular flexibility index (Phi) is 4.79. The summed E-state index contributed by atoms with van der Waals surface area (Å²) in [5.74, 6) is 0.706. The summed E-state index contributed by atoms with van der Waals surface area (Å²) in [6, 6.07) is 5.45. The molecule has 0 aliphatic heterocycles. The van der Waals surface area contributed by atoms with E-state index < -0.39 is 0 Å². The predicted molar refractivity (Wildman–Crippen MR) is 104 cm³/mol. The first-order valence-electron chi connectivity index (χ1n) is 8.32. The number of benzene rings is 1. The molecule has 0 unspecified atom stereocenters. The molecule has 2 aromatic heterocycles. The number of aryl methyl sites for hydroxylation is 1. The normalized spacial score (nSPS) is 13.7. The van der Waals surface area contributed by atoms with Crippen molar-refractivity contribution in [3.05, 3.63) is 50.2 Å². The number of aromatic amines is 1. The number of aromatic nitrogens is 4. The van der Waals surface area contributed by atoms with Crippen LogP contribution in [0.2, 0.25) is 10.0 Å². The molecule has 0 bridgehead atoms. The standard InChI is InChI=1S/C17H15Cl2N5O2S/c1-8-13(15(23-26-8)14-10(18)3-2-4-11(14)19)16(25)20-7-12-21-22-17(27)24(12)9-5-6-9/h2-4,9H,5-7H2,1H3,(H,20,25)(H,22,27). The summed E-state index contributed by atoms with van der Waals surface area (Å²) in [7, 11) is 0. The molecule has 1 saturated carbocycles. The van der Waals surface area contributed by atoms with Gasteiger partial charge in [-0.2, -0.15) is 5.10 Å². The second-order valence-electron chi connectivity index (χ2n) is 6.29. The van der Waals surface area contributed by atoms with E-state index in [9.17, 15) is 4.79 Å². The van der Waals surface area contributed by atoms with Gasteiger partial charge in [-0.1, -0.05) is 34.4 Å². The minimum Gasteiger partial charge on any atom is -0.360 e. The lowest BCUT2D eigenvalue weighted by molar-refractivity contribution is 0.0948. The van der Waals surface area contributed by atoms with Crippen molar-refractivity contribution in [2.75, 3.05) is 0 Å². The number of H-pyrrole nitrogens is 1. The topological polar surface area (TPSA) is 88.7 Å². The predicted octanol–water partition coefficient (Wildman–Crippen LogP) is 4.48. The van der Waals surface area contributed by atoms with E-state index in [1.165, 1.54) is 0 Å². The van der Waals surface area contributed by atoms with Gasteiger partial charge in [-0.3, -0.25) is 14.5 Å². The van der Waals surface area contributed by atoms with Gasteiger partial charge in [0, 0.05) is 11.6 Å². The summed E-state index contributed by atoms with van der Waals surface area (Å²) in [5, 5.41) is 14.6. The number of nitrogens with zero attached hydrogens (tertiary/aromatic N) is 3. The van der Waals surface area contributed by atoms with Crippen molar-refractivity contribution in [2.24, 2.45) is 0 Å². The highest BCUT2D eigenvalue weighted by atomic mass is 35.5. The van der Waals surface area contributed by atoms with Gasteiger partial charge in [-0.25, -0.2) is 0 Å². The molecule has 140 valence electrons. The Morgan fingerprint density at radius 3 is 2.78 bits per heavy atom. The van der Waals surface area contributed by atoms with Crippen LogP contribution in [-0.4, -0.2) is 25.8 Å². The van der Waals surface area contributed by atoms with Crippen molar-refractivity contribution in [2.45, 2.75) is 32.4 Å². The van der Waals surface area contributed by atoms with Crippen molar-refractivity contribution in [3.63, 3.8) is 0 Å². The number of amides is 1. The number of carbonyl (C=O) groups is 1. The molecule has 10 heteroatoms. The van der Waals surface area contributed by atoms with Gasteiger partial charge in [0.1, 0.15) is 17.0 Å². The lowest BCUT2D eigenvalue weighted by Gasteiger charge is -2.08. The zero-order valence-electron chi connectivity index (χ0n) is 14.3. The number of nitrogens with one attached hydrogen (secondary N) is 2. The first-order valence-corrected chi connectivity index (χ1v) is 9.48. The molecule has 1 aromatic carbocycles. The van der Waals surface area contributed by atoms with Crippen LogP contribution in [0.25, 0.3) is 11.3 Å². The molecule has 2 N–H and O–H groups in total. The average Bonchev–Trinajstić information content (AvgIpc) is 3.29. The fourth-order valence-electron chi connectivity index (χ4n) is 2.95. The molecule has 7 nitrogen and oxygen atoms in total. The van der Waals surface area contributed by atoms with E-state index in [4.69, 9.17) is 39.9 Å². The van der Waals surface area contributed by atoms with Crippen LogP contribution in [0.4, 0.5) is 0 Å². The second-order valence-corrected chi connectivity index (χ2v) is 7.49. The van der Waals surface area contributed by atoms with E-state index in [0.717, 1.165) is 12.8 Å². The van der Waals surface area contributed by atoms with Crippen LogP contribution in [0.3, 0.4) is 0 Å². The summed E-state index contributed by atoms with van der Waals surface area (Å²) in [6.07, 6.45) is 2.13. The molecular weight excluding hydrogens is 409 g/mol. The smallest absolute Gasteiger partial charge is 0.257 e. The lowest BCUT2D eigenvalue weighted by atomic mass is 10.1. The second kappa shape index (κ2) is 7.10. The Morgan fingerprint density at radius 1 is 1.41 bits per heavy atom. The van der Waals surface area contributed by atoms with Gasteiger partial charge in [0.05, 0.1) is 16.6 Å². The zero-order valence-corrected chi connectivity index (χ0v) is 16.6. The van der Waals surface area contributed by atoms with Gasteiger partial charge in [0.15, 0.2) is 10.6 Å². The van der Waals surface area contributed by atoms with Crippen LogP contribution in [0.15, 0.2) is 22.7 Å². The van der Waals surface area contributed by atoms with Crippen molar-refractivity contribution < 1.29 is 9.32 Å². The third kappa shape index (κ3) is 3.40. The molecule has 4 rings (SSSR count). The monoisotopic (exact) mass is 423 g/mol. The molecule has 1 amide bonds. The minimum atomic E-state index is -0.351. The Hall–Kier alpha value is -2.16. The molecule has 27 heavy (non-hydrogen) atoms. The molecule has 1 fully saturated rings. The maximum Gasteiger partial charge on any atom is 0.257 e. The lowest BCUT2D eigenvalue weighted by Crippen LogP contribution is -2.25. The van der Waals surface area contributed by atoms with E-state index in [0.29, 0.717) is 43.7 Å². The summed E-state index contributed by atoms with van der Waals surface area (Å²) in [4.78, 5) is 12.8. The van der Waals surface area contributed by atoms with Crippen LogP contribution in [-0.2, 0) is 6.54 Å². The fraction of sp³-hybridized carbons (Fsp3) is 0.294. The molecular formula is C17H15Cl2N5O2S. The number of carbonyl (C=O) groups excluding carboxylic acids is 1. The van der Waals surface area contributed by atoms with Gasteiger partial charge < -0.3 is 9.84 Å². The third-order valence-electron chi connectivity index (χ3n) is 4.39. The summed E-state index contributed by atoms with van der Waals surface area (Å²) in [5.41, 5.74) is 1.06. The molecule has 1 aliphatic carbocycles. The van der Waals surface area contributed by atoms with Gasteiger partial charge in [0.25, 0.3) is 5.91 Å². The molecule has 2 heterocycles. The molecule has 0 atom stereocenters. The van der Waals surface area contributed by atoms with Crippen LogP contribution in [0, 0.1) is 11.7 Å². The first kappa shape index (κ1) is 18.2. The van der Waals surface area contributed by atoms with E-state index >= 15 is 0 Å². The highest BCUT2D eigenvalue weighted by Gasteiger charge is 2.28. The van der Waals surface area contributed by atoms with E-state index in [1.807, 2.05) is 4.57 Å². The molecule has 0 spiro atoms. The largest absolute Gasteiger partial charge is 0.360 e. The maximum absolute atomic E-state index is 12.8. The number of rotatable bonds is 5. The van der Waals surface area contributed by atoms with Crippen molar-refractivity contribution in [1.29, 1.82) is 0 Å². The van der Waals surface area contributed by atoms with Gasteiger partial charge in [0.2, 0.25) is 0 Å². The van der Waals surface area contributed by atoms with Gasteiger partial charge in [-0.15, -0.1) is 0 Å². The summed E-state index contributed by atoms with van der Waals surface area (Å²) < 4.78 is 7.75. The van der Waals surface area contributed by atoms with Crippen molar-refractivity contribution in [1.82, 2.24) is 25.2 Å². The first-order chi connectivity index (χ1) is 13.0. The molecule has 0 radical (unpaired) electrons. The summed E-state index contributed by atoms with van der Waals surface area (Å²) >= 11 is 17.8. The number of hydrogen-bond donors (Lipinski definition) is 2. The van der Waals surface area contributed by atoms with Crippen molar-refractivity contribution >= 4 is 41.3 Å². The van der Waals surface area contributed by atoms with Crippen LogP contribution < -0.4 is 5.32 Å². The Bertz CT molecular complexity index is 1060. The molecule has 1 aliphatic rings. The number of halogens is 2. The summed E-state index contributed by atoms with van der Waals surface area (Å²) in [6.45, 7) is 1.89. The van der Waals surface area contributed by atoms with Crippen molar-refractivity contribution in [3.8, 4) is 11.3 Å². The van der Waals surface area contributed by atoms with Gasteiger partial charge in [-0.05, 0) is 44.1 Å². The highest BCUT2D eigenvalue weighted by Crippen LogP contribution is 2.37. The molecule has 0 saturated heterocycles. The Labute approximate surface area is 169 Å². The SMILES string of the molecule is Cc1onc(-c2c(Cl)cccc2Cl)c1C(=O)NCc1n[nH]c(=S)n1C1CC1. The Balaban J connectivity index is 1.62. The average molecular weight is 424 g/mol. The van der Waals surface area contributed by atoms with E-state index in [1.54, 1.807) is 25.1 Å². The number of hydrogen-bond acceptors (Lipinski definition) is 5.